The number of carboxylic acids is 1. The number of hydrogen-bond acceptors (Lipinski definition) is 3. The molecule has 0 aliphatic heterocycles. The SMILES string of the molecule is CCCNC(=O)C(C)NC(=O)NC(C)(C(=O)O)C(F)(F)F. The number of halogens is 3. The Bertz CT molecular complexity index is 414. The maximum Gasteiger partial charge on any atom is 0.422 e. The number of aliphatic carboxylic acids is 1. The standard InChI is InChI=1S/C11H18F3N3O4/c1-4-5-15-7(18)6(2)16-9(21)17-10(3,8(19)20)11(12,13)14/h6H,4-5H2,1-3H3,(H,15,18)(H,19,20)(H2,16,17,21). The summed E-state index contributed by atoms with van der Waals surface area (Å²) < 4.78 is 38.0. The van der Waals surface area contributed by atoms with Crippen molar-refractivity contribution in [1.29, 1.82) is 0 Å². The Kier molecular flexibility index (Phi) is 6.46. The van der Waals surface area contributed by atoms with Gasteiger partial charge in [-0.05, 0) is 20.3 Å². The van der Waals surface area contributed by atoms with Crippen molar-refractivity contribution in [3.05, 3.63) is 0 Å². The van der Waals surface area contributed by atoms with E-state index in [2.05, 4.69) is 5.32 Å². The molecule has 122 valence electrons. The lowest BCUT2D eigenvalue weighted by Crippen LogP contribution is -2.64. The van der Waals surface area contributed by atoms with E-state index in [1.807, 2.05) is 5.32 Å². The minimum atomic E-state index is -5.19. The van der Waals surface area contributed by atoms with Gasteiger partial charge in [0.2, 0.25) is 11.4 Å². The Morgan fingerprint density at radius 3 is 2.14 bits per heavy atom. The molecule has 0 aromatic carbocycles. The Balaban J connectivity index is 4.74. The van der Waals surface area contributed by atoms with Gasteiger partial charge in [-0.25, -0.2) is 9.59 Å². The second kappa shape index (κ2) is 7.14. The summed E-state index contributed by atoms with van der Waals surface area (Å²) in [5.41, 5.74) is -3.45. The summed E-state index contributed by atoms with van der Waals surface area (Å²) >= 11 is 0. The van der Waals surface area contributed by atoms with Crippen molar-refractivity contribution in [2.75, 3.05) is 6.54 Å². The van der Waals surface area contributed by atoms with Gasteiger partial charge in [0.15, 0.2) is 0 Å². The summed E-state index contributed by atoms with van der Waals surface area (Å²) in [6.07, 6.45) is -4.54. The van der Waals surface area contributed by atoms with E-state index in [0.29, 0.717) is 19.9 Å². The van der Waals surface area contributed by atoms with E-state index >= 15 is 0 Å². The number of nitrogens with one attached hydrogen (secondary N) is 3. The van der Waals surface area contributed by atoms with Crippen LogP contribution in [-0.4, -0.2) is 47.3 Å². The van der Waals surface area contributed by atoms with Crippen molar-refractivity contribution in [2.45, 2.75) is 44.9 Å². The predicted octanol–water partition coefficient (Wildman–Crippen LogP) is 0.606. The summed E-state index contributed by atoms with van der Waals surface area (Å²) in [6.45, 7) is 3.72. The van der Waals surface area contributed by atoms with Crippen LogP contribution in [0.5, 0.6) is 0 Å². The zero-order valence-electron chi connectivity index (χ0n) is 11.8. The Morgan fingerprint density at radius 1 is 1.24 bits per heavy atom. The Morgan fingerprint density at radius 2 is 1.76 bits per heavy atom. The van der Waals surface area contributed by atoms with Gasteiger partial charge in [-0.2, -0.15) is 13.2 Å². The van der Waals surface area contributed by atoms with E-state index in [1.54, 1.807) is 6.92 Å². The first-order chi connectivity index (χ1) is 9.45. The van der Waals surface area contributed by atoms with Crippen molar-refractivity contribution in [3.63, 3.8) is 0 Å². The molecule has 0 aromatic rings. The minimum absolute atomic E-state index is 0.316. The van der Waals surface area contributed by atoms with Gasteiger partial charge >= 0.3 is 18.2 Å². The zero-order valence-corrected chi connectivity index (χ0v) is 11.8. The van der Waals surface area contributed by atoms with Crippen LogP contribution in [0.3, 0.4) is 0 Å². The summed E-state index contributed by atoms with van der Waals surface area (Å²) in [5.74, 6) is -2.84. The van der Waals surface area contributed by atoms with E-state index in [4.69, 9.17) is 5.11 Å². The lowest BCUT2D eigenvalue weighted by atomic mass is 10.0. The quantitative estimate of drug-likeness (QED) is 0.576. The van der Waals surface area contributed by atoms with Gasteiger partial charge in [0.1, 0.15) is 6.04 Å². The summed E-state index contributed by atoms with van der Waals surface area (Å²) in [4.78, 5) is 33.6. The molecule has 0 aromatic heterocycles. The zero-order chi connectivity index (χ0) is 16.8. The smallest absolute Gasteiger partial charge is 0.422 e. The molecule has 2 atom stereocenters. The molecular weight excluding hydrogens is 295 g/mol. The monoisotopic (exact) mass is 313 g/mol. The van der Waals surface area contributed by atoms with Crippen molar-refractivity contribution >= 4 is 17.9 Å². The first kappa shape index (κ1) is 19.0. The van der Waals surface area contributed by atoms with Crippen LogP contribution >= 0.6 is 0 Å². The van der Waals surface area contributed by atoms with Gasteiger partial charge in [0.05, 0.1) is 0 Å². The molecule has 3 amide bonds. The predicted molar refractivity (Wildman–Crippen MR) is 66.5 cm³/mol. The van der Waals surface area contributed by atoms with Gasteiger partial charge < -0.3 is 21.1 Å². The van der Waals surface area contributed by atoms with Crippen LogP contribution < -0.4 is 16.0 Å². The molecule has 2 unspecified atom stereocenters. The van der Waals surface area contributed by atoms with Crippen molar-refractivity contribution < 1.29 is 32.7 Å². The number of amides is 3. The van der Waals surface area contributed by atoms with E-state index in [0.717, 1.165) is 0 Å². The molecule has 7 nitrogen and oxygen atoms in total. The van der Waals surface area contributed by atoms with Crippen molar-refractivity contribution in [3.8, 4) is 0 Å². The highest BCUT2D eigenvalue weighted by Gasteiger charge is 2.58. The summed E-state index contributed by atoms with van der Waals surface area (Å²) in [7, 11) is 0. The number of hydrogen-bond donors (Lipinski definition) is 4. The summed E-state index contributed by atoms with van der Waals surface area (Å²) in [6, 6.07) is -2.51. The normalized spacial score (nSPS) is 15.5. The van der Waals surface area contributed by atoms with Crippen LogP contribution in [0.15, 0.2) is 0 Å². The molecule has 0 bridgehead atoms. The molecule has 0 spiro atoms. The molecule has 0 radical (unpaired) electrons. The lowest BCUT2D eigenvalue weighted by Gasteiger charge is -2.29. The fourth-order valence-electron chi connectivity index (χ4n) is 1.17. The average molecular weight is 313 g/mol. The first-order valence-corrected chi connectivity index (χ1v) is 6.12. The van der Waals surface area contributed by atoms with E-state index in [9.17, 15) is 27.6 Å². The number of alkyl halides is 3. The molecule has 0 fully saturated rings. The van der Waals surface area contributed by atoms with Crippen LogP contribution in [0.1, 0.15) is 27.2 Å². The number of urea groups is 1. The van der Waals surface area contributed by atoms with Gasteiger partial charge in [0.25, 0.3) is 0 Å². The van der Waals surface area contributed by atoms with Crippen LogP contribution in [0, 0.1) is 0 Å². The van der Waals surface area contributed by atoms with Gasteiger partial charge in [-0.1, -0.05) is 6.92 Å². The molecule has 0 aliphatic carbocycles. The fraction of sp³-hybridized carbons (Fsp3) is 0.727. The van der Waals surface area contributed by atoms with Crippen molar-refractivity contribution in [2.24, 2.45) is 0 Å². The Hall–Kier alpha value is -2.00. The molecule has 21 heavy (non-hydrogen) atoms. The molecule has 0 saturated heterocycles. The minimum Gasteiger partial charge on any atom is -0.479 e. The molecule has 10 heteroatoms. The highest BCUT2D eigenvalue weighted by Crippen LogP contribution is 2.30. The number of carbonyl (C=O) groups is 3. The molecule has 0 aliphatic rings. The van der Waals surface area contributed by atoms with E-state index in [-0.39, 0.29) is 0 Å². The highest BCUT2D eigenvalue weighted by molar-refractivity contribution is 5.90. The summed E-state index contributed by atoms with van der Waals surface area (Å²) in [5, 5.41) is 14.3. The number of rotatable bonds is 6. The van der Waals surface area contributed by atoms with Gasteiger partial charge in [0, 0.05) is 6.54 Å². The number of carboxylic acid groups (broad SMARTS) is 1. The maximum atomic E-state index is 12.7. The second-order valence-corrected chi connectivity index (χ2v) is 4.54. The third kappa shape index (κ3) is 5.12. The third-order valence-corrected chi connectivity index (χ3v) is 2.65. The number of carbonyl (C=O) groups excluding carboxylic acids is 2. The van der Waals surface area contributed by atoms with Crippen LogP contribution in [0.4, 0.5) is 18.0 Å². The second-order valence-electron chi connectivity index (χ2n) is 4.54. The third-order valence-electron chi connectivity index (χ3n) is 2.65. The molecule has 0 heterocycles. The molecule has 4 N–H and O–H groups in total. The average Bonchev–Trinajstić information content (AvgIpc) is 2.33. The van der Waals surface area contributed by atoms with Crippen molar-refractivity contribution in [1.82, 2.24) is 16.0 Å². The topological polar surface area (TPSA) is 108 Å². The molecule has 0 rings (SSSR count). The highest BCUT2D eigenvalue weighted by atomic mass is 19.4. The van der Waals surface area contributed by atoms with Gasteiger partial charge in [-0.3, -0.25) is 4.79 Å². The molecule has 0 saturated carbocycles. The lowest BCUT2D eigenvalue weighted by molar-refractivity contribution is -0.203. The van der Waals surface area contributed by atoms with Crippen LogP contribution in [-0.2, 0) is 9.59 Å². The first-order valence-electron chi connectivity index (χ1n) is 6.12. The van der Waals surface area contributed by atoms with E-state index < -0.39 is 35.7 Å². The van der Waals surface area contributed by atoms with Gasteiger partial charge in [-0.15, -0.1) is 0 Å². The van der Waals surface area contributed by atoms with E-state index in [1.165, 1.54) is 12.2 Å². The van der Waals surface area contributed by atoms with Crippen LogP contribution in [0.2, 0.25) is 0 Å². The maximum absolute atomic E-state index is 12.7. The Labute approximate surface area is 119 Å². The van der Waals surface area contributed by atoms with Crippen LogP contribution in [0.25, 0.3) is 0 Å². The largest absolute Gasteiger partial charge is 0.479 e. The fourth-order valence-corrected chi connectivity index (χ4v) is 1.17. The molecular formula is C11H18F3N3O4.